The van der Waals surface area contributed by atoms with Crippen LogP contribution in [0.4, 0.5) is 10.2 Å². The third-order valence-electron chi connectivity index (χ3n) is 4.18. The number of nitrogens with zero attached hydrogens (tertiary/aromatic N) is 2. The smallest absolute Gasteiger partial charge is 0.142 e. The van der Waals surface area contributed by atoms with E-state index in [1.807, 2.05) is 18.2 Å². The topological polar surface area (TPSA) is 62.7 Å². The Morgan fingerprint density at radius 2 is 1.81 bits per heavy atom. The molecule has 2 aromatic carbocycles. The Balaban J connectivity index is 2.12. The molecule has 5 heteroatoms. The summed E-state index contributed by atoms with van der Waals surface area (Å²) in [4.78, 5) is 4.39. The number of nitrogen functional groups attached to an aromatic ring is 1. The number of rotatable bonds is 4. The van der Waals surface area contributed by atoms with E-state index in [0.717, 1.165) is 18.4 Å². The molecular formula is C21H17BrFN3. The zero-order chi connectivity index (χ0) is 18.7. The van der Waals surface area contributed by atoms with Gasteiger partial charge in [-0.1, -0.05) is 43.7 Å². The van der Waals surface area contributed by atoms with Gasteiger partial charge in [-0.3, -0.25) is 0 Å². The van der Waals surface area contributed by atoms with Crippen molar-refractivity contribution in [2.45, 2.75) is 19.8 Å². The molecule has 0 radical (unpaired) electrons. The summed E-state index contributed by atoms with van der Waals surface area (Å²) in [6.07, 6.45) is 2.11. The van der Waals surface area contributed by atoms with Crippen molar-refractivity contribution in [2.24, 2.45) is 0 Å². The van der Waals surface area contributed by atoms with Gasteiger partial charge < -0.3 is 5.73 Å². The molecule has 0 saturated heterocycles. The molecule has 0 aliphatic rings. The molecule has 0 saturated carbocycles. The van der Waals surface area contributed by atoms with Crippen molar-refractivity contribution in [3.63, 3.8) is 0 Å². The maximum absolute atomic E-state index is 13.6. The Labute approximate surface area is 160 Å². The third kappa shape index (κ3) is 3.61. The molecule has 0 bridgehead atoms. The molecule has 3 rings (SSSR count). The largest absolute Gasteiger partial charge is 0.383 e. The second-order valence-electron chi connectivity index (χ2n) is 6.00. The summed E-state index contributed by atoms with van der Waals surface area (Å²) in [5, 5.41) is 9.49. The number of aromatic nitrogens is 1. The molecule has 1 heterocycles. The minimum atomic E-state index is -0.360. The van der Waals surface area contributed by atoms with Crippen LogP contribution >= 0.6 is 15.9 Å². The highest BCUT2D eigenvalue weighted by Crippen LogP contribution is 2.33. The monoisotopic (exact) mass is 409 g/mol. The molecule has 0 fully saturated rings. The van der Waals surface area contributed by atoms with Crippen LogP contribution in [0.2, 0.25) is 0 Å². The lowest BCUT2D eigenvalue weighted by atomic mass is 9.98. The van der Waals surface area contributed by atoms with Crippen molar-refractivity contribution >= 4 is 21.7 Å². The lowest BCUT2D eigenvalue weighted by Crippen LogP contribution is -2.00. The van der Waals surface area contributed by atoms with Gasteiger partial charge in [0.25, 0.3) is 0 Å². The van der Waals surface area contributed by atoms with Crippen LogP contribution in [0.1, 0.15) is 24.5 Å². The van der Waals surface area contributed by atoms with Crippen LogP contribution in [0.15, 0.2) is 53.0 Å². The molecule has 1 aromatic heterocycles. The van der Waals surface area contributed by atoms with Crippen LogP contribution < -0.4 is 5.73 Å². The van der Waals surface area contributed by atoms with Crippen molar-refractivity contribution in [3.8, 4) is 28.5 Å². The fourth-order valence-corrected chi connectivity index (χ4v) is 3.23. The van der Waals surface area contributed by atoms with Gasteiger partial charge in [0.05, 0.1) is 10.2 Å². The molecule has 0 aliphatic heterocycles. The van der Waals surface area contributed by atoms with Gasteiger partial charge in [-0.05, 0) is 51.7 Å². The van der Waals surface area contributed by atoms with Crippen LogP contribution in [-0.2, 0) is 6.42 Å². The molecular weight excluding hydrogens is 393 g/mol. The van der Waals surface area contributed by atoms with E-state index in [2.05, 4.69) is 46.0 Å². The predicted molar refractivity (Wildman–Crippen MR) is 106 cm³/mol. The van der Waals surface area contributed by atoms with E-state index in [-0.39, 0.29) is 17.2 Å². The molecule has 2 N–H and O–H groups in total. The van der Waals surface area contributed by atoms with Gasteiger partial charge in [0, 0.05) is 11.1 Å². The number of hydrogen-bond donors (Lipinski definition) is 1. The summed E-state index contributed by atoms with van der Waals surface area (Å²) in [7, 11) is 0. The minimum Gasteiger partial charge on any atom is -0.383 e. The number of hydrogen-bond acceptors (Lipinski definition) is 3. The van der Waals surface area contributed by atoms with E-state index in [4.69, 9.17) is 5.73 Å². The van der Waals surface area contributed by atoms with Gasteiger partial charge in [-0.2, -0.15) is 5.26 Å². The molecule has 0 amide bonds. The highest BCUT2D eigenvalue weighted by molar-refractivity contribution is 9.10. The van der Waals surface area contributed by atoms with E-state index >= 15 is 0 Å². The number of halogens is 2. The van der Waals surface area contributed by atoms with Crippen molar-refractivity contribution in [3.05, 3.63) is 69.9 Å². The fraction of sp³-hybridized carbons (Fsp3) is 0.143. The fourth-order valence-electron chi connectivity index (χ4n) is 2.85. The first-order valence-corrected chi connectivity index (χ1v) is 9.08. The van der Waals surface area contributed by atoms with E-state index in [0.29, 0.717) is 21.3 Å². The lowest BCUT2D eigenvalue weighted by Gasteiger charge is -2.11. The van der Waals surface area contributed by atoms with Gasteiger partial charge in [-0.15, -0.1) is 0 Å². The maximum atomic E-state index is 13.6. The average Bonchev–Trinajstić information content (AvgIpc) is 2.64. The molecule has 0 atom stereocenters. The first-order chi connectivity index (χ1) is 12.5. The number of aryl methyl sites for hydroxylation is 1. The number of nitriles is 1. The molecule has 130 valence electrons. The van der Waals surface area contributed by atoms with Crippen LogP contribution in [0.5, 0.6) is 0 Å². The summed E-state index contributed by atoms with van der Waals surface area (Å²) < 4.78 is 13.9. The average molecular weight is 410 g/mol. The SMILES string of the molecule is CCCc1ccc(-c2cc(-c3ccc(F)c(Br)c3)c(C#N)c(N)n2)cc1. The first-order valence-electron chi connectivity index (χ1n) is 8.28. The quantitative estimate of drug-likeness (QED) is 0.598. The summed E-state index contributed by atoms with van der Waals surface area (Å²) in [5.74, 6) is -0.195. The normalized spacial score (nSPS) is 10.5. The number of anilines is 1. The Morgan fingerprint density at radius 1 is 1.12 bits per heavy atom. The first kappa shape index (κ1) is 18.1. The number of benzene rings is 2. The Bertz CT molecular complexity index is 991. The Hall–Kier alpha value is -2.71. The van der Waals surface area contributed by atoms with Crippen LogP contribution in [-0.4, -0.2) is 4.98 Å². The van der Waals surface area contributed by atoms with Gasteiger partial charge in [0.1, 0.15) is 23.3 Å². The molecule has 3 nitrogen and oxygen atoms in total. The van der Waals surface area contributed by atoms with E-state index in [1.165, 1.54) is 11.6 Å². The van der Waals surface area contributed by atoms with Gasteiger partial charge in [0.15, 0.2) is 0 Å². The number of nitrogens with two attached hydrogens (primary N) is 1. The summed E-state index contributed by atoms with van der Waals surface area (Å²) in [6.45, 7) is 2.14. The summed E-state index contributed by atoms with van der Waals surface area (Å²) in [6, 6.07) is 16.7. The second kappa shape index (κ2) is 7.67. The van der Waals surface area contributed by atoms with E-state index < -0.39 is 0 Å². The molecule has 0 unspecified atom stereocenters. The van der Waals surface area contributed by atoms with Crippen molar-refractivity contribution in [1.82, 2.24) is 4.98 Å². The molecule has 3 aromatic rings. The van der Waals surface area contributed by atoms with E-state index in [9.17, 15) is 9.65 Å². The van der Waals surface area contributed by atoms with Crippen molar-refractivity contribution in [1.29, 1.82) is 5.26 Å². The maximum Gasteiger partial charge on any atom is 0.142 e. The molecule has 26 heavy (non-hydrogen) atoms. The lowest BCUT2D eigenvalue weighted by molar-refractivity contribution is 0.621. The van der Waals surface area contributed by atoms with Gasteiger partial charge in [-0.25, -0.2) is 9.37 Å². The van der Waals surface area contributed by atoms with Crippen molar-refractivity contribution in [2.75, 3.05) is 5.73 Å². The molecule has 0 aliphatic carbocycles. The van der Waals surface area contributed by atoms with Crippen LogP contribution in [0, 0.1) is 17.1 Å². The number of pyridine rings is 1. The molecule has 0 spiro atoms. The summed E-state index contributed by atoms with van der Waals surface area (Å²) >= 11 is 3.19. The van der Waals surface area contributed by atoms with Crippen LogP contribution in [0.3, 0.4) is 0 Å². The Kier molecular flexibility index (Phi) is 5.34. The zero-order valence-electron chi connectivity index (χ0n) is 14.3. The highest BCUT2D eigenvalue weighted by atomic mass is 79.9. The standard InChI is InChI=1S/C21H17BrFN3/c1-2-3-13-4-6-14(7-5-13)20-11-16(17(12-24)21(25)26-20)15-8-9-19(23)18(22)10-15/h4-11H,2-3H2,1H3,(H2,25,26). The third-order valence-corrected chi connectivity index (χ3v) is 4.79. The van der Waals surface area contributed by atoms with E-state index in [1.54, 1.807) is 12.1 Å². The Morgan fingerprint density at radius 3 is 2.42 bits per heavy atom. The second-order valence-corrected chi connectivity index (χ2v) is 6.86. The highest BCUT2D eigenvalue weighted by Gasteiger charge is 2.14. The summed E-state index contributed by atoms with van der Waals surface area (Å²) in [5.41, 5.74) is 10.5. The van der Waals surface area contributed by atoms with Crippen molar-refractivity contribution < 1.29 is 4.39 Å². The van der Waals surface area contributed by atoms with Gasteiger partial charge >= 0.3 is 0 Å². The predicted octanol–water partition coefficient (Wildman–Crippen LogP) is 5.72. The van der Waals surface area contributed by atoms with Crippen LogP contribution in [0.25, 0.3) is 22.4 Å². The zero-order valence-corrected chi connectivity index (χ0v) is 15.8. The van der Waals surface area contributed by atoms with Gasteiger partial charge in [0.2, 0.25) is 0 Å². The minimum absolute atomic E-state index is 0.165.